The molecule has 1 fully saturated rings. The lowest BCUT2D eigenvalue weighted by atomic mass is 10.1. The highest BCUT2D eigenvalue weighted by atomic mass is 79.9. The van der Waals surface area contributed by atoms with Gasteiger partial charge in [-0.1, -0.05) is 28.1 Å². The molecule has 0 saturated carbocycles. The lowest BCUT2D eigenvalue weighted by molar-refractivity contribution is 0.0168. The molecule has 0 spiro atoms. The molecule has 3 rings (SSSR count). The molecule has 1 atom stereocenters. The van der Waals surface area contributed by atoms with Gasteiger partial charge in [-0.05, 0) is 38.3 Å². The van der Waals surface area contributed by atoms with Crippen LogP contribution in [0.1, 0.15) is 29.1 Å². The number of thiazole rings is 1. The second kappa shape index (κ2) is 6.37. The highest BCUT2D eigenvalue weighted by molar-refractivity contribution is 9.10. The smallest absolute Gasteiger partial charge is 0.0961 e. The molecule has 1 unspecified atom stereocenters. The Hall–Kier alpha value is -0.710. The average Bonchev–Trinajstić information content (AvgIpc) is 2.81. The number of hydrogen-bond acceptors (Lipinski definition) is 3. The second-order valence-electron chi connectivity index (χ2n) is 5.22. The van der Waals surface area contributed by atoms with E-state index < -0.39 is 0 Å². The maximum Gasteiger partial charge on any atom is 0.0961 e. The number of aromatic nitrogens is 1. The summed E-state index contributed by atoms with van der Waals surface area (Å²) in [5.41, 5.74) is 2.30. The van der Waals surface area contributed by atoms with Gasteiger partial charge in [0.25, 0.3) is 0 Å². The van der Waals surface area contributed by atoms with Crippen LogP contribution in [0, 0.1) is 6.92 Å². The molecule has 0 N–H and O–H groups in total. The Kier molecular flexibility index (Phi) is 4.54. The van der Waals surface area contributed by atoms with Gasteiger partial charge >= 0.3 is 0 Å². The Morgan fingerprint density at radius 1 is 1.40 bits per heavy atom. The van der Waals surface area contributed by atoms with Crippen molar-refractivity contribution in [2.24, 2.45) is 0 Å². The van der Waals surface area contributed by atoms with E-state index in [-0.39, 0.29) is 0 Å². The van der Waals surface area contributed by atoms with Crippen LogP contribution in [0.25, 0.3) is 11.3 Å². The van der Waals surface area contributed by atoms with Gasteiger partial charge in [0, 0.05) is 27.9 Å². The molecule has 20 heavy (non-hydrogen) atoms. The monoisotopic (exact) mass is 351 g/mol. The summed E-state index contributed by atoms with van der Waals surface area (Å²) < 4.78 is 6.91. The van der Waals surface area contributed by atoms with Crippen molar-refractivity contribution in [3.8, 4) is 11.3 Å². The van der Waals surface area contributed by atoms with E-state index in [2.05, 4.69) is 41.1 Å². The predicted molar refractivity (Wildman–Crippen MR) is 87.3 cm³/mol. The summed E-state index contributed by atoms with van der Waals surface area (Å²) in [7, 11) is 0. The first-order chi connectivity index (χ1) is 9.72. The predicted octanol–water partition coefficient (Wildman–Crippen LogP) is 4.99. The zero-order valence-electron chi connectivity index (χ0n) is 11.6. The van der Waals surface area contributed by atoms with Crippen molar-refractivity contribution in [1.82, 2.24) is 4.98 Å². The summed E-state index contributed by atoms with van der Waals surface area (Å²) >= 11 is 5.33. The number of hydrogen-bond donors (Lipinski definition) is 0. The third-order valence-electron chi connectivity index (χ3n) is 3.62. The van der Waals surface area contributed by atoms with Crippen molar-refractivity contribution in [2.75, 3.05) is 6.61 Å². The Balaban J connectivity index is 1.80. The molecule has 0 bridgehead atoms. The first-order valence-corrected chi connectivity index (χ1v) is 8.67. The van der Waals surface area contributed by atoms with Gasteiger partial charge in [0.2, 0.25) is 0 Å². The number of nitrogens with zero attached hydrogens (tertiary/aromatic N) is 1. The van der Waals surface area contributed by atoms with Crippen molar-refractivity contribution in [3.63, 3.8) is 0 Å². The molecule has 1 aromatic heterocycles. The van der Waals surface area contributed by atoms with Crippen LogP contribution in [0.3, 0.4) is 0 Å². The summed E-state index contributed by atoms with van der Waals surface area (Å²) in [6, 6.07) is 8.35. The van der Waals surface area contributed by atoms with E-state index >= 15 is 0 Å². The molecule has 0 aliphatic carbocycles. The van der Waals surface area contributed by atoms with Crippen LogP contribution in [0.2, 0.25) is 0 Å². The minimum absolute atomic E-state index is 0.365. The minimum atomic E-state index is 0.365. The third-order valence-corrected chi connectivity index (χ3v) is 5.10. The molecule has 2 heterocycles. The van der Waals surface area contributed by atoms with Crippen LogP contribution < -0.4 is 0 Å². The highest BCUT2D eigenvalue weighted by Crippen LogP contribution is 2.30. The Bertz CT molecular complexity index is 590. The highest BCUT2D eigenvalue weighted by Gasteiger charge is 2.18. The Morgan fingerprint density at radius 3 is 3.05 bits per heavy atom. The molecule has 1 saturated heterocycles. The number of benzene rings is 1. The van der Waals surface area contributed by atoms with Crippen LogP contribution in [0.15, 0.2) is 28.7 Å². The van der Waals surface area contributed by atoms with Crippen LogP contribution in [0.4, 0.5) is 0 Å². The lowest BCUT2D eigenvalue weighted by Crippen LogP contribution is -2.21. The quantitative estimate of drug-likeness (QED) is 0.776. The van der Waals surface area contributed by atoms with Crippen molar-refractivity contribution >= 4 is 27.3 Å². The topological polar surface area (TPSA) is 22.1 Å². The molecule has 1 aliphatic heterocycles. The van der Waals surface area contributed by atoms with Gasteiger partial charge in [-0.2, -0.15) is 0 Å². The molecule has 4 heteroatoms. The Morgan fingerprint density at radius 2 is 2.30 bits per heavy atom. The molecular formula is C16H18BrNOS. The van der Waals surface area contributed by atoms with Crippen molar-refractivity contribution in [1.29, 1.82) is 0 Å². The lowest BCUT2D eigenvalue weighted by Gasteiger charge is -2.21. The molecule has 2 nitrogen and oxygen atoms in total. The van der Waals surface area contributed by atoms with E-state index in [9.17, 15) is 0 Å². The fraction of sp³-hybridized carbons (Fsp3) is 0.438. The Labute approximate surface area is 132 Å². The summed E-state index contributed by atoms with van der Waals surface area (Å²) in [5.74, 6) is 0. The molecular weight excluding hydrogens is 334 g/mol. The van der Waals surface area contributed by atoms with E-state index in [0.29, 0.717) is 6.10 Å². The van der Waals surface area contributed by atoms with Gasteiger partial charge in [-0.3, -0.25) is 0 Å². The fourth-order valence-corrected chi connectivity index (χ4v) is 4.02. The van der Waals surface area contributed by atoms with Gasteiger partial charge in [0.1, 0.15) is 0 Å². The molecule has 1 aliphatic rings. The van der Waals surface area contributed by atoms with Crippen LogP contribution in [0.5, 0.6) is 0 Å². The molecule has 106 valence electrons. The number of halogens is 1. The van der Waals surface area contributed by atoms with Gasteiger partial charge in [-0.25, -0.2) is 4.98 Å². The number of rotatable bonds is 3. The summed E-state index contributed by atoms with van der Waals surface area (Å²) in [6.45, 7) is 3.06. The minimum Gasteiger partial charge on any atom is -0.378 e. The maximum absolute atomic E-state index is 5.81. The standard InChI is InChI=1S/C16H18BrNOS/c1-11-16(12-5-4-6-13(17)9-12)18-15(20-11)10-14-7-2-3-8-19-14/h4-6,9,14H,2-3,7-8,10H2,1H3. The third kappa shape index (κ3) is 3.30. The van der Waals surface area contributed by atoms with Crippen LogP contribution in [-0.4, -0.2) is 17.7 Å². The van der Waals surface area contributed by atoms with Gasteiger partial charge in [-0.15, -0.1) is 11.3 Å². The van der Waals surface area contributed by atoms with E-state index in [1.165, 1.54) is 34.7 Å². The van der Waals surface area contributed by atoms with E-state index in [4.69, 9.17) is 9.72 Å². The summed E-state index contributed by atoms with van der Waals surface area (Å²) in [4.78, 5) is 6.12. The van der Waals surface area contributed by atoms with Gasteiger partial charge in [0.15, 0.2) is 0 Å². The molecule has 2 aromatic rings. The van der Waals surface area contributed by atoms with E-state index in [0.717, 1.165) is 23.2 Å². The number of ether oxygens (including phenoxy) is 1. The van der Waals surface area contributed by atoms with Gasteiger partial charge in [0.05, 0.1) is 16.8 Å². The van der Waals surface area contributed by atoms with Crippen molar-refractivity contribution < 1.29 is 4.74 Å². The first kappa shape index (κ1) is 14.2. The van der Waals surface area contributed by atoms with Crippen LogP contribution >= 0.6 is 27.3 Å². The van der Waals surface area contributed by atoms with Gasteiger partial charge < -0.3 is 4.74 Å². The number of aryl methyl sites for hydroxylation is 1. The van der Waals surface area contributed by atoms with Crippen molar-refractivity contribution in [3.05, 3.63) is 38.6 Å². The van der Waals surface area contributed by atoms with E-state index in [1.807, 2.05) is 6.07 Å². The summed E-state index contributed by atoms with van der Waals surface area (Å²) in [6.07, 6.45) is 4.99. The average molecular weight is 352 g/mol. The normalized spacial score (nSPS) is 19.2. The zero-order chi connectivity index (χ0) is 13.9. The zero-order valence-corrected chi connectivity index (χ0v) is 14.0. The van der Waals surface area contributed by atoms with E-state index in [1.54, 1.807) is 11.3 Å². The molecule has 0 radical (unpaired) electrons. The SMILES string of the molecule is Cc1sc(CC2CCCCO2)nc1-c1cccc(Br)c1. The summed E-state index contributed by atoms with van der Waals surface area (Å²) in [5, 5.41) is 1.20. The van der Waals surface area contributed by atoms with Crippen LogP contribution in [-0.2, 0) is 11.2 Å². The molecule has 1 aromatic carbocycles. The fourth-order valence-electron chi connectivity index (χ4n) is 2.61. The second-order valence-corrected chi connectivity index (χ2v) is 7.42. The maximum atomic E-state index is 5.81. The molecule has 0 amide bonds. The first-order valence-electron chi connectivity index (χ1n) is 7.06. The van der Waals surface area contributed by atoms with Crippen molar-refractivity contribution in [2.45, 2.75) is 38.7 Å². The largest absolute Gasteiger partial charge is 0.378 e.